The summed E-state index contributed by atoms with van der Waals surface area (Å²) in [6.07, 6.45) is 1.65. The lowest BCUT2D eigenvalue weighted by Gasteiger charge is -2.15. The molecule has 1 amide bonds. The molecular formula is C11H18BrN5O. The van der Waals surface area contributed by atoms with Gasteiger partial charge in [-0.3, -0.25) is 4.79 Å². The Hall–Kier alpha value is -1.37. The topological polar surface area (TPSA) is 78.9 Å². The van der Waals surface area contributed by atoms with Gasteiger partial charge in [0.05, 0.1) is 4.47 Å². The second-order valence-corrected chi connectivity index (χ2v) is 4.54. The average Bonchev–Trinajstić information content (AvgIpc) is 2.34. The summed E-state index contributed by atoms with van der Waals surface area (Å²) in [6, 6.07) is -0.356. The maximum absolute atomic E-state index is 11.6. The van der Waals surface area contributed by atoms with Crippen LogP contribution in [0.15, 0.2) is 10.7 Å². The van der Waals surface area contributed by atoms with Crippen LogP contribution in [0.2, 0.25) is 0 Å². The summed E-state index contributed by atoms with van der Waals surface area (Å²) in [7, 11) is 0. The summed E-state index contributed by atoms with van der Waals surface area (Å²) in [4.78, 5) is 20.0. The van der Waals surface area contributed by atoms with Gasteiger partial charge in [0.25, 0.3) is 0 Å². The molecule has 1 atom stereocenters. The molecule has 1 aromatic heterocycles. The second kappa shape index (κ2) is 7.15. The summed E-state index contributed by atoms with van der Waals surface area (Å²) >= 11 is 3.35. The summed E-state index contributed by atoms with van der Waals surface area (Å²) in [5, 5.41) is 8.81. The minimum Gasteiger partial charge on any atom is -0.358 e. The summed E-state index contributed by atoms with van der Waals surface area (Å²) in [6.45, 7) is 6.99. The van der Waals surface area contributed by atoms with Gasteiger partial charge in [0.1, 0.15) is 11.9 Å². The SMILES string of the molecule is CCNC(=O)C(C)Nc1nc(NCC)ncc1Br. The smallest absolute Gasteiger partial charge is 0.242 e. The van der Waals surface area contributed by atoms with Crippen molar-refractivity contribution in [3.05, 3.63) is 10.7 Å². The number of carbonyl (C=O) groups excluding carboxylic acids is 1. The molecule has 0 aliphatic rings. The van der Waals surface area contributed by atoms with Gasteiger partial charge in [-0.25, -0.2) is 4.98 Å². The van der Waals surface area contributed by atoms with E-state index in [0.29, 0.717) is 18.3 Å². The van der Waals surface area contributed by atoms with Crippen LogP contribution in [0.1, 0.15) is 20.8 Å². The largest absolute Gasteiger partial charge is 0.358 e. The first kappa shape index (κ1) is 14.7. The summed E-state index contributed by atoms with van der Waals surface area (Å²) in [5.74, 6) is 1.07. The molecule has 0 saturated carbocycles. The molecule has 7 heteroatoms. The van der Waals surface area contributed by atoms with Crippen molar-refractivity contribution in [2.45, 2.75) is 26.8 Å². The molecule has 0 fully saturated rings. The van der Waals surface area contributed by atoms with Gasteiger partial charge in [0.2, 0.25) is 11.9 Å². The minimum absolute atomic E-state index is 0.0620. The van der Waals surface area contributed by atoms with Crippen LogP contribution in [0.3, 0.4) is 0 Å². The highest BCUT2D eigenvalue weighted by Crippen LogP contribution is 2.20. The van der Waals surface area contributed by atoms with Crippen molar-refractivity contribution in [2.75, 3.05) is 23.7 Å². The van der Waals surface area contributed by atoms with Crippen LogP contribution in [0, 0.1) is 0 Å². The zero-order valence-corrected chi connectivity index (χ0v) is 12.3. The van der Waals surface area contributed by atoms with Gasteiger partial charge < -0.3 is 16.0 Å². The number of amides is 1. The normalized spacial score (nSPS) is 11.8. The van der Waals surface area contributed by atoms with E-state index in [1.54, 1.807) is 13.1 Å². The predicted octanol–water partition coefficient (Wildman–Crippen LogP) is 1.61. The summed E-state index contributed by atoms with van der Waals surface area (Å²) in [5.41, 5.74) is 0. The van der Waals surface area contributed by atoms with E-state index in [4.69, 9.17) is 0 Å². The Labute approximate surface area is 115 Å². The molecule has 0 aromatic carbocycles. The Bertz CT molecular complexity index is 412. The van der Waals surface area contributed by atoms with Gasteiger partial charge in [0, 0.05) is 19.3 Å². The Kier molecular flexibility index (Phi) is 5.84. The second-order valence-electron chi connectivity index (χ2n) is 3.68. The molecule has 1 heterocycles. The first-order valence-electron chi connectivity index (χ1n) is 5.89. The Balaban J connectivity index is 2.76. The van der Waals surface area contributed by atoms with Gasteiger partial charge in [-0.1, -0.05) is 0 Å². The maximum Gasteiger partial charge on any atom is 0.242 e. The van der Waals surface area contributed by atoms with E-state index in [1.165, 1.54) is 0 Å². The fourth-order valence-electron chi connectivity index (χ4n) is 1.31. The molecule has 100 valence electrons. The minimum atomic E-state index is -0.356. The van der Waals surface area contributed by atoms with E-state index in [9.17, 15) is 4.79 Å². The molecule has 18 heavy (non-hydrogen) atoms. The number of hydrogen-bond donors (Lipinski definition) is 3. The molecular weight excluding hydrogens is 298 g/mol. The molecule has 6 nitrogen and oxygen atoms in total. The first-order chi connectivity index (χ1) is 8.58. The fourth-order valence-corrected chi connectivity index (χ4v) is 1.62. The summed E-state index contributed by atoms with van der Waals surface area (Å²) < 4.78 is 0.723. The van der Waals surface area contributed by atoms with Gasteiger partial charge >= 0.3 is 0 Å². The van der Waals surface area contributed by atoms with Crippen LogP contribution in [0.4, 0.5) is 11.8 Å². The number of aromatic nitrogens is 2. The van der Waals surface area contributed by atoms with Gasteiger partial charge in [-0.05, 0) is 36.7 Å². The Morgan fingerprint density at radius 1 is 1.44 bits per heavy atom. The molecule has 1 aromatic rings. The number of likely N-dealkylation sites (N-methyl/N-ethyl adjacent to an activating group) is 1. The van der Waals surface area contributed by atoms with Crippen LogP contribution in [-0.4, -0.2) is 35.0 Å². The number of nitrogens with zero attached hydrogens (tertiary/aromatic N) is 2. The number of hydrogen-bond acceptors (Lipinski definition) is 5. The van der Waals surface area contributed by atoms with Crippen molar-refractivity contribution in [3.63, 3.8) is 0 Å². The third kappa shape index (κ3) is 4.14. The highest BCUT2D eigenvalue weighted by molar-refractivity contribution is 9.10. The van der Waals surface area contributed by atoms with Crippen molar-refractivity contribution >= 4 is 33.6 Å². The molecule has 3 N–H and O–H groups in total. The average molecular weight is 316 g/mol. The quantitative estimate of drug-likeness (QED) is 0.743. The molecule has 0 aliphatic heterocycles. The highest BCUT2D eigenvalue weighted by Gasteiger charge is 2.14. The maximum atomic E-state index is 11.6. The van der Waals surface area contributed by atoms with Crippen LogP contribution >= 0.6 is 15.9 Å². The number of rotatable bonds is 6. The lowest BCUT2D eigenvalue weighted by Crippen LogP contribution is -2.37. The van der Waals surface area contributed by atoms with Crippen molar-refractivity contribution in [1.82, 2.24) is 15.3 Å². The van der Waals surface area contributed by atoms with Crippen LogP contribution in [-0.2, 0) is 4.79 Å². The van der Waals surface area contributed by atoms with E-state index in [2.05, 4.69) is 41.8 Å². The van der Waals surface area contributed by atoms with Crippen molar-refractivity contribution in [2.24, 2.45) is 0 Å². The highest BCUT2D eigenvalue weighted by atomic mass is 79.9. The standard InChI is InChI=1S/C11H18BrN5O/c1-4-13-10(18)7(3)16-9-8(12)6-15-11(17-9)14-5-2/h6-7H,4-5H2,1-3H3,(H,13,18)(H2,14,15,16,17). The molecule has 0 radical (unpaired) electrons. The number of nitrogens with one attached hydrogen (secondary N) is 3. The van der Waals surface area contributed by atoms with E-state index in [0.717, 1.165) is 11.0 Å². The first-order valence-corrected chi connectivity index (χ1v) is 6.68. The zero-order chi connectivity index (χ0) is 13.5. The molecule has 1 rings (SSSR count). The molecule has 0 saturated heterocycles. The van der Waals surface area contributed by atoms with Gasteiger partial charge in [0.15, 0.2) is 0 Å². The van der Waals surface area contributed by atoms with Gasteiger partial charge in [-0.15, -0.1) is 0 Å². The predicted molar refractivity (Wildman–Crippen MR) is 75.7 cm³/mol. The van der Waals surface area contributed by atoms with Crippen molar-refractivity contribution in [1.29, 1.82) is 0 Å². The van der Waals surface area contributed by atoms with Gasteiger partial charge in [-0.2, -0.15) is 4.98 Å². The molecule has 0 aliphatic carbocycles. The van der Waals surface area contributed by atoms with Crippen LogP contribution in [0.25, 0.3) is 0 Å². The van der Waals surface area contributed by atoms with Crippen LogP contribution in [0.5, 0.6) is 0 Å². The van der Waals surface area contributed by atoms with E-state index >= 15 is 0 Å². The zero-order valence-electron chi connectivity index (χ0n) is 10.7. The Morgan fingerprint density at radius 3 is 2.78 bits per heavy atom. The molecule has 0 bridgehead atoms. The number of anilines is 2. The molecule has 1 unspecified atom stereocenters. The monoisotopic (exact) mass is 315 g/mol. The molecule has 0 spiro atoms. The number of carbonyl (C=O) groups is 1. The fraction of sp³-hybridized carbons (Fsp3) is 0.545. The van der Waals surface area contributed by atoms with Crippen molar-refractivity contribution < 1.29 is 4.79 Å². The lowest BCUT2D eigenvalue weighted by molar-refractivity contribution is -0.121. The van der Waals surface area contributed by atoms with E-state index in [-0.39, 0.29) is 11.9 Å². The van der Waals surface area contributed by atoms with Crippen molar-refractivity contribution in [3.8, 4) is 0 Å². The lowest BCUT2D eigenvalue weighted by atomic mass is 10.3. The third-order valence-electron chi connectivity index (χ3n) is 2.18. The van der Waals surface area contributed by atoms with E-state index in [1.807, 2.05) is 13.8 Å². The van der Waals surface area contributed by atoms with Crippen LogP contribution < -0.4 is 16.0 Å². The number of halogens is 1. The Morgan fingerprint density at radius 2 is 2.17 bits per heavy atom. The third-order valence-corrected chi connectivity index (χ3v) is 2.76. The van der Waals surface area contributed by atoms with E-state index < -0.39 is 0 Å².